The second-order valence-electron chi connectivity index (χ2n) is 10.2. The van der Waals surface area contributed by atoms with Crippen molar-refractivity contribution in [3.8, 4) is 0 Å². The van der Waals surface area contributed by atoms with Crippen LogP contribution in [0.3, 0.4) is 0 Å². The lowest BCUT2D eigenvalue weighted by atomic mass is 10.1. The van der Waals surface area contributed by atoms with Gasteiger partial charge in [0.05, 0.1) is 17.1 Å². The number of hydrogen-bond acceptors (Lipinski definition) is 7. The molecule has 1 aliphatic carbocycles. The minimum absolute atomic E-state index is 0.106. The Morgan fingerprint density at radius 3 is 2.51 bits per heavy atom. The minimum atomic E-state index is -0.998. The molecule has 1 aromatic heterocycles. The van der Waals surface area contributed by atoms with Gasteiger partial charge in [-0.2, -0.15) is 0 Å². The molecule has 1 aromatic carbocycles. The van der Waals surface area contributed by atoms with Crippen molar-refractivity contribution in [1.29, 1.82) is 0 Å². The molecule has 0 saturated heterocycles. The number of carbonyl (C=O) groups is 1. The van der Waals surface area contributed by atoms with Gasteiger partial charge in [0.15, 0.2) is 16.6 Å². The summed E-state index contributed by atoms with van der Waals surface area (Å²) in [6.45, 7) is 16.6. The van der Waals surface area contributed by atoms with Crippen LogP contribution in [0.15, 0.2) is 63.3 Å². The number of allylic oxidation sites excluding steroid dienone is 1. The number of amides is 1. The van der Waals surface area contributed by atoms with Crippen molar-refractivity contribution in [3.05, 3.63) is 71.0 Å². The molecule has 1 aliphatic heterocycles. The summed E-state index contributed by atoms with van der Waals surface area (Å²) < 4.78 is 12.1. The summed E-state index contributed by atoms with van der Waals surface area (Å²) in [6.07, 6.45) is 4.55. The number of amidine groups is 2. The molecule has 0 bridgehead atoms. The molecule has 0 spiro atoms. The smallest absolute Gasteiger partial charge is 0.295 e. The highest BCUT2D eigenvalue weighted by molar-refractivity contribution is 7.91. The van der Waals surface area contributed by atoms with E-state index in [1.807, 2.05) is 65.8 Å². The lowest BCUT2D eigenvalue weighted by Crippen LogP contribution is -2.53. The molecule has 1 N–H and O–H groups in total. The second kappa shape index (κ2) is 12.3. The molecule has 2 heterocycles. The van der Waals surface area contributed by atoms with Crippen molar-refractivity contribution in [2.24, 2.45) is 9.98 Å². The highest BCUT2D eigenvalue weighted by Gasteiger charge is 2.36. The first kappa shape index (κ1) is 28.7. The third-order valence-electron chi connectivity index (χ3n) is 7.06. The van der Waals surface area contributed by atoms with E-state index in [0.29, 0.717) is 35.4 Å². The molecule has 8 nitrogen and oxygen atoms in total. The number of hydrogen-bond donors (Lipinski definition) is 1. The van der Waals surface area contributed by atoms with E-state index >= 15 is 0 Å². The third kappa shape index (κ3) is 6.31. The number of carbonyl (C=O) groups excluding carboxylic acids is 1. The van der Waals surface area contributed by atoms with Gasteiger partial charge < -0.3 is 9.87 Å². The topological polar surface area (TPSA) is 106 Å². The first-order chi connectivity index (χ1) is 18.7. The molecule has 1 saturated carbocycles. The van der Waals surface area contributed by atoms with Gasteiger partial charge in [-0.3, -0.25) is 9.69 Å². The molecular formula is C30H38N6O2S. The van der Waals surface area contributed by atoms with Crippen LogP contribution in [0.1, 0.15) is 82.3 Å². The predicted molar refractivity (Wildman–Crippen MR) is 158 cm³/mol. The number of aliphatic imine (C=N–C) groups is 2. The van der Waals surface area contributed by atoms with E-state index < -0.39 is 11.2 Å². The van der Waals surface area contributed by atoms with Gasteiger partial charge in [-0.15, -0.1) is 0 Å². The van der Waals surface area contributed by atoms with Gasteiger partial charge in [0.2, 0.25) is 0 Å². The predicted octanol–water partition coefficient (Wildman–Crippen LogP) is 5.28. The number of nitrogens with zero attached hydrogens (tertiary/aromatic N) is 5. The average Bonchev–Trinajstić information content (AvgIpc) is 3.77. The summed E-state index contributed by atoms with van der Waals surface area (Å²) in [5, 5.41) is 3.24. The molecular weight excluding hydrogens is 508 g/mol. The zero-order chi connectivity index (χ0) is 28.3. The van der Waals surface area contributed by atoms with E-state index in [2.05, 4.69) is 21.9 Å². The Hall–Kier alpha value is -3.30. The Labute approximate surface area is 234 Å². The normalized spacial score (nSPS) is 18.2. The number of rotatable bonds is 9. The minimum Gasteiger partial charge on any atom is -0.611 e. The summed E-state index contributed by atoms with van der Waals surface area (Å²) in [7, 11) is 0. The molecule has 1 amide bonds. The van der Waals surface area contributed by atoms with Crippen LogP contribution in [-0.2, 0) is 22.5 Å². The van der Waals surface area contributed by atoms with Crippen LogP contribution in [0.5, 0.6) is 0 Å². The Balaban J connectivity index is 1.68. The number of benzene rings is 1. The highest BCUT2D eigenvalue weighted by atomic mass is 32.2. The summed E-state index contributed by atoms with van der Waals surface area (Å²) in [6, 6.07) is 7.49. The SMILES string of the molecule is C=C(/N=C1\C(=C(C)C)N=C(NCc2ccc([S+]([O-])CC)cc2)C(=O)N1C(C)CC)c1c(C)ncnc1C1CC1. The maximum atomic E-state index is 13.8. The molecule has 2 unspecified atom stereocenters. The molecule has 4 rings (SSSR count). The van der Waals surface area contributed by atoms with Crippen LogP contribution in [-0.4, -0.2) is 48.8 Å². The van der Waals surface area contributed by atoms with Gasteiger partial charge in [-0.25, -0.2) is 20.0 Å². The molecule has 2 aromatic rings. The Morgan fingerprint density at radius 1 is 1.23 bits per heavy atom. The number of aryl methyl sites for hydroxylation is 1. The summed E-state index contributed by atoms with van der Waals surface area (Å²) in [5.41, 5.74) is 5.77. The van der Waals surface area contributed by atoms with Crippen molar-refractivity contribution in [2.75, 3.05) is 5.75 Å². The zero-order valence-electron chi connectivity index (χ0n) is 23.7. The van der Waals surface area contributed by atoms with Crippen LogP contribution in [0, 0.1) is 6.92 Å². The van der Waals surface area contributed by atoms with Crippen molar-refractivity contribution < 1.29 is 9.35 Å². The molecule has 2 atom stereocenters. The van der Waals surface area contributed by atoms with Crippen molar-refractivity contribution in [3.63, 3.8) is 0 Å². The van der Waals surface area contributed by atoms with Crippen LogP contribution < -0.4 is 5.32 Å². The maximum Gasteiger partial charge on any atom is 0.295 e. The summed E-state index contributed by atoms with van der Waals surface area (Å²) in [4.78, 5) is 35.0. The van der Waals surface area contributed by atoms with E-state index in [1.54, 1.807) is 11.2 Å². The molecule has 1 fully saturated rings. The van der Waals surface area contributed by atoms with Gasteiger partial charge in [-0.05, 0) is 88.3 Å². The molecule has 2 aliphatic rings. The third-order valence-corrected chi connectivity index (χ3v) is 8.38. The van der Waals surface area contributed by atoms with E-state index in [4.69, 9.17) is 9.98 Å². The maximum absolute atomic E-state index is 13.8. The van der Waals surface area contributed by atoms with E-state index in [9.17, 15) is 9.35 Å². The number of aromatic nitrogens is 2. The monoisotopic (exact) mass is 546 g/mol. The molecule has 9 heteroatoms. The quantitative estimate of drug-likeness (QED) is 0.431. The lowest BCUT2D eigenvalue weighted by molar-refractivity contribution is -0.122. The fourth-order valence-corrected chi connectivity index (χ4v) is 5.27. The Kier molecular flexibility index (Phi) is 9.02. The van der Waals surface area contributed by atoms with Gasteiger partial charge in [0.1, 0.15) is 17.8 Å². The first-order valence-corrected chi connectivity index (χ1v) is 14.9. The lowest BCUT2D eigenvalue weighted by Gasteiger charge is -2.34. The Morgan fingerprint density at radius 2 is 1.92 bits per heavy atom. The van der Waals surface area contributed by atoms with E-state index in [0.717, 1.165) is 52.2 Å². The fraction of sp³-hybridized carbons (Fsp3) is 0.433. The molecule has 0 radical (unpaired) electrons. The Bertz CT molecular complexity index is 1340. The van der Waals surface area contributed by atoms with Crippen molar-refractivity contribution >= 4 is 34.5 Å². The van der Waals surface area contributed by atoms with Crippen molar-refractivity contribution in [2.45, 2.75) is 84.2 Å². The van der Waals surface area contributed by atoms with Gasteiger partial charge >= 0.3 is 0 Å². The largest absolute Gasteiger partial charge is 0.611 e. The summed E-state index contributed by atoms with van der Waals surface area (Å²) >= 11 is -0.998. The van der Waals surface area contributed by atoms with Crippen LogP contribution in [0.25, 0.3) is 5.70 Å². The van der Waals surface area contributed by atoms with Crippen LogP contribution >= 0.6 is 0 Å². The number of nitrogens with one attached hydrogen (secondary N) is 1. The van der Waals surface area contributed by atoms with Gasteiger partial charge in [0.25, 0.3) is 5.91 Å². The van der Waals surface area contributed by atoms with Crippen LogP contribution in [0.4, 0.5) is 0 Å². The van der Waals surface area contributed by atoms with Crippen molar-refractivity contribution in [1.82, 2.24) is 20.2 Å². The highest BCUT2D eigenvalue weighted by Crippen LogP contribution is 2.42. The second-order valence-corrected chi connectivity index (χ2v) is 12.0. The first-order valence-electron chi connectivity index (χ1n) is 13.6. The fourth-order valence-electron chi connectivity index (χ4n) is 4.49. The van der Waals surface area contributed by atoms with E-state index in [1.165, 1.54) is 0 Å². The summed E-state index contributed by atoms with van der Waals surface area (Å²) in [5.74, 6) is 1.53. The van der Waals surface area contributed by atoms with Gasteiger partial charge in [0, 0.05) is 24.1 Å². The molecule has 39 heavy (non-hydrogen) atoms. The van der Waals surface area contributed by atoms with Crippen LogP contribution in [0.2, 0.25) is 0 Å². The zero-order valence-corrected chi connectivity index (χ0v) is 24.6. The van der Waals surface area contributed by atoms with Gasteiger partial charge in [-0.1, -0.05) is 25.6 Å². The van der Waals surface area contributed by atoms with E-state index in [-0.39, 0.29) is 17.8 Å². The standard InChI is InChI=1S/C30H38N6O2S/c1-8-19(5)36-29(34-21(7)25-20(6)32-17-33-27(25)23-12-13-23)26(18(3)4)35-28(30(36)37)31-16-22-10-14-24(15-11-22)39(38)9-2/h10-11,14-15,17,19,23H,7-9,12-13,16H2,1-6H3,(H,31,35)/b34-29+. The average molecular weight is 547 g/mol. The molecule has 206 valence electrons.